The van der Waals surface area contributed by atoms with Gasteiger partial charge in [0, 0.05) is 19.0 Å². The van der Waals surface area contributed by atoms with E-state index in [-0.39, 0.29) is 36.8 Å². The van der Waals surface area contributed by atoms with Crippen LogP contribution in [0.5, 0.6) is 0 Å². The summed E-state index contributed by atoms with van der Waals surface area (Å²) in [5.41, 5.74) is 5.02. The highest BCUT2D eigenvalue weighted by Gasteiger charge is 2.25. The van der Waals surface area contributed by atoms with Crippen LogP contribution in [0.25, 0.3) is 0 Å². The van der Waals surface area contributed by atoms with E-state index >= 15 is 0 Å². The second kappa shape index (κ2) is 22.4. The number of amides is 4. The minimum Gasteiger partial charge on any atom is -0.379 e. The maximum atomic E-state index is 12.6. The number of carbonyl (C=O) groups excluding carboxylic acids is 3. The van der Waals surface area contributed by atoms with Crippen molar-refractivity contribution in [2.24, 2.45) is 17.5 Å². The van der Waals surface area contributed by atoms with E-state index in [4.69, 9.17) is 30.6 Å². The third kappa shape index (κ3) is 21.0. The first-order valence-corrected chi connectivity index (χ1v) is 12.0. The molecule has 35 heavy (non-hydrogen) atoms. The van der Waals surface area contributed by atoms with Crippen molar-refractivity contribution in [3.05, 3.63) is 0 Å². The van der Waals surface area contributed by atoms with Gasteiger partial charge in [-0.05, 0) is 25.7 Å². The molecule has 0 aliphatic rings. The maximum Gasteiger partial charge on any atom is 0.312 e. The summed E-state index contributed by atoms with van der Waals surface area (Å²) in [7, 11) is 0. The molecule has 0 aromatic heterocycles. The Labute approximate surface area is 208 Å². The van der Waals surface area contributed by atoms with Crippen LogP contribution in [-0.2, 0) is 33.4 Å². The minimum atomic E-state index is -0.642. The molecular formula is C22H45N5O8. The molecule has 0 fully saturated rings. The topological polar surface area (TPSA) is 185 Å². The number of hydrogen-bond donors (Lipinski definition) is 5. The third-order valence-electron chi connectivity index (χ3n) is 4.70. The molecule has 13 heteroatoms. The number of hydrogen-bond acceptors (Lipinski definition) is 9. The maximum absolute atomic E-state index is 12.6. The second-order valence-electron chi connectivity index (χ2n) is 8.20. The van der Waals surface area contributed by atoms with Crippen LogP contribution >= 0.6 is 0 Å². The van der Waals surface area contributed by atoms with Crippen molar-refractivity contribution in [1.82, 2.24) is 16.0 Å². The number of nitrogens with one attached hydrogen (secondary N) is 3. The molecule has 13 nitrogen and oxygen atoms in total. The first kappa shape index (κ1) is 33.0. The Balaban J connectivity index is 3.85. The Morgan fingerprint density at radius 2 is 1.29 bits per heavy atom. The summed E-state index contributed by atoms with van der Waals surface area (Å²) in [6.07, 6.45) is 1.49. The molecule has 0 radical (unpaired) electrons. The lowest BCUT2D eigenvalue weighted by atomic mass is 10.0. The monoisotopic (exact) mass is 507 g/mol. The van der Waals surface area contributed by atoms with Gasteiger partial charge in [-0.25, -0.2) is 10.7 Å². The quantitative estimate of drug-likeness (QED) is 0.0891. The minimum absolute atomic E-state index is 0.0780. The lowest BCUT2D eigenvalue weighted by Gasteiger charge is -2.24. The van der Waals surface area contributed by atoms with Gasteiger partial charge in [0.1, 0.15) is 6.04 Å². The zero-order chi connectivity index (χ0) is 26.3. The fourth-order valence-corrected chi connectivity index (χ4v) is 2.84. The molecule has 0 rings (SSSR count). The molecule has 0 bridgehead atoms. The van der Waals surface area contributed by atoms with Crippen LogP contribution in [0.4, 0.5) is 4.79 Å². The summed E-state index contributed by atoms with van der Waals surface area (Å²) in [5.74, 6) is 4.30. The third-order valence-corrected chi connectivity index (χ3v) is 4.70. The molecule has 0 heterocycles. The number of carbonyl (C=O) groups is 3. The Kier molecular flexibility index (Phi) is 21.1. The fraction of sp³-hybridized carbons (Fsp3) is 0.864. The van der Waals surface area contributed by atoms with E-state index < -0.39 is 12.1 Å². The summed E-state index contributed by atoms with van der Waals surface area (Å²) in [5, 5.41) is 8.18. The Morgan fingerprint density at radius 3 is 1.77 bits per heavy atom. The average Bonchev–Trinajstić information content (AvgIpc) is 2.80. The highest BCUT2D eigenvalue weighted by Crippen LogP contribution is 2.05. The molecule has 7 N–H and O–H groups in total. The van der Waals surface area contributed by atoms with Gasteiger partial charge in [-0.15, -0.1) is 0 Å². The van der Waals surface area contributed by atoms with Gasteiger partial charge in [0.05, 0.1) is 59.5 Å². The van der Waals surface area contributed by atoms with Gasteiger partial charge < -0.3 is 45.5 Å². The zero-order valence-electron chi connectivity index (χ0n) is 21.3. The zero-order valence-corrected chi connectivity index (χ0v) is 21.3. The van der Waals surface area contributed by atoms with E-state index in [1.807, 2.05) is 20.8 Å². The lowest BCUT2D eigenvalue weighted by Crippen LogP contribution is -2.51. The lowest BCUT2D eigenvalue weighted by molar-refractivity contribution is -0.131. The highest BCUT2D eigenvalue weighted by atomic mass is 16.6. The van der Waals surface area contributed by atoms with Crippen LogP contribution in [0.3, 0.4) is 0 Å². The van der Waals surface area contributed by atoms with Crippen molar-refractivity contribution >= 4 is 17.8 Å². The van der Waals surface area contributed by atoms with Crippen LogP contribution in [0.15, 0.2) is 0 Å². The van der Waals surface area contributed by atoms with Crippen LogP contribution < -0.4 is 27.6 Å². The molecule has 0 spiro atoms. The largest absolute Gasteiger partial charge is 0.379 e. The van der Waals surface area contributed by atoms with Crippen LogP contribution in [0.2, 0.25) is 0 Å². The first-order valence-electron chi connectivity index (χ1n) is 12.0. The fourth-order valence-electron chi connectivity index (χ4n) is 2.84. The Bertz CT molecular complexity index is 568. The standard InChI is InChI=1S/C22H45N5O8/c1-17(2)20(21(29)26-18(3)5-4-7-25-22(23)30)27-19(28)6-8-31-9-10-32-11-12-33-13-14-34-15-16-35-24/h17-18,20H,4-16,24H2,1-3H3,(H,26,29)(H,27,28)(H3,23,25,30)/t18-,20-/m0/s1. The van der Waals surface area contributed by atoms with E-state index in [0.717, 1.165) is 0 Å². The van der Waals surface area contributed by atoms with Gasteiger partial charge >= 0.3 is 6.03 Å². The predicted molar refractivity (Wildman–Crippen MR) is 129 cm³/mol. The van der Waals surface area contributed by atoms with Gasteiger partial charge in [-0.1, -0.05) is 13.8 Å². The van der Waals surface area contributed by atoms with Crippen molar-refractivity contribution in [3.63, 3.8) is 0 Å². The SMILES string of the molecule is CC(C)[C@H](NC(=O)CCOCCOCCOCCOCCON)C(=O)N[C@@H](C)CCCNC(N)=O. The first-order chi connectivity index (χ1) is 16.8. The summed E-state index contributed by atoms with van der Waals surface area (Å²) < 4.78 is 21.3. The van der Waals surface area contributed by atoms with E-state index in [9.17, 15) is 14.4 Å². The molecule has 206 valence electrons. The van der Waals surface area contributed by atoms with E-state index in [1.165, 1.54) is 0 Å². The number of primary amides is 1. The van der Waals surface area contributed by atoms with Crippen LogP contribution in [0.1, 0.15) is 40.0 Å². The van der Waals surface area contributed by atoms with Crippen LogP contribution in [-0.4, -0.2) is 95.9 Å². The van der Waals surface area contributed by atoms with Crippen LogP contribution in [0, 0.1) is 5.92 Å². The normalized spacial score (nSPS) is 12.8. The van der Waals surface area contributed by atoms with Gasteiger partial charge in [0.25, 0.3) is 0 Å². The highest BCUT2D eigenvalue weighted by molar-refractivity contribution is 5.88. The summed E-state index contributed by atoms with van der Waals surface area (Å²) in [4.78, 5) is 39.9. The molecular weight excluding hydrogens is 462 g/mol. The second-order valence-corrected chi connectivity index (χ2v) is 8.20. The van der Waals surface area contributed by atoms with Gasteiger partial charge in [-0.3, -0.25) is 9.59 Å². The average molecular weight is 508 g/mol. The smallest absolute Gasteiger partial charge is 0.312 e. The molecule has 0 saturated heterocycles. The number of nitrogens with two attached hydrogens (primary N) is 2. The molecule has 0 aromatic rings. The Hall–Kier alpha value is -2.03. The van der Waals surface area contributed by atoms with E-state index in [1.54, 1.807) is 0 Å². The molecule has 0 unspecified atom stereocenters. The van der Waals surface area contributed by atoms with Gasteiger partial charge in [0.2, 0.25) is 11.8 Å². The molecule has 0 saturated carbocycles. The molecule has 4 amide bonds. The number of rotatable bonds is 23. The number of ether oxygens (including phenoxy) is 4. The van der Waals surface area contributed by atoms with Crippen molar-refractivity contribution in [2.45, 2.75) is 52.1 Å². The van der Waals surface area contributed by atoms with E-state index in [2.05, 4.69) is 20.8 Å². The molecule has 0 aromatic carbocycles. The summed E-state index contributed by atoms with van der Waals surface area (Å²) in [6, 6.07) is -1.32. The summed E-state index contributed by atoms with van der Waals surface area (Å²) >= 11 is 0. The predicted octanol–water partition coefficient (Wildman–Crippen LogP) is -0.573. The molecule has 0 aliphatic heterocycles. The molecule has 2 atom stereocenters. The van der Waals surface area contributed by atoms with Crippen molar-refractivity contribution in [1.29, 1.82) is 0 Å². The van der Waals surface area contributed by atoms with E-state index in [0.29, 0.717) is 72.2 Å². The van der Waals surface area contributed by atoms with Gasteiger partial charge in [-0.2, -0.15) is 0 Å². The Morgan fingerprint density at radius 1 is 0.771 bits per heavy atom. The number of urea groups is 1. The molecule has 0 aliphatic carbocycles. The van der Waals surface area contributed by atoms with Crippen molar-refractivity contribution < 1.29 is 38.2 Å². The van der Waals surface area contributed by atoms with Crippen molar-refractivity contribution in [2.75, 3.05) is 66.0 Å². The summed E-state index contributed by atoms with van der Waals surface area (Å²) in [6.45, 7) is 9.59. The van der Waals surface area contributed by atoms with Crippen molar-refractivity contribution in [3.8, 4) is 0 Å². The van der Waals surface area contributed by atoms with Gasteiger partial charge in [0.15, 0.2) is 0 Å².